The summed E-state index contributed by atoms with van der Waals surface area (Å²) >= 11 is 0. The molecule has 0 aliphatic rings. The standard InChI is InChI=1S/C14H17N3O2S/c1-11(9-12-5-3-2-4-6-12)17-20(18,19)13-7-8-16-14(15)10-13/h2-8,10-11,17H,9H2,1H3,(H2,15,16). The van der Waals surface area contributed by atoms with E-state index in [9.17, 15) is 8.42 Å². The molecule has 1 aromatic carbocycles. The summed E-state index contributed by atoms with van der Waals surface area (Å²) in [4.78, 5) is 3.92. The second kappa shape index (κ2) is 6.02. The van der Waals surface area contributed by atoms with Crippen LogP contribution in [0.15, 0.2) is 53.6 Å². The van der Waals surface area contributed by atoms with Crippen LogP contribution in [0.5, 0.6) is 0 Å². The van der Waals surface area contributed by atoms with Gasteiger partial charge in [0.15, 0.2) is 0 Å². The lowest BCUT2D eigenvalue weighted by Gasteiger charge is -2.14. The maximum atomic E-state index is 12.2. The number of nitrogens with zero attached hydrogens (tertiary/aromatic N) is 1. The van der Waals surface area contributed by atoms with E-state index in [1.165, 1.54) is 18.3 Å². The van der Waals surface area contributed by atoms with Crippen molar-refractivity contribution in [2.24, 2.45) is 0 Å². The van der Waals surface area contributed by atoms with Gasteiger partial charge in [-0.3, -0.25) is 0 Å². The Labute approximate surface area is 118 Å². The van der Waals surface area contributed by atoms with Gasteiger partial charge < -0.3 is 5.73 Å². The van der Waals surface area contributed by atoms with Gasteiger partial charge in [-0.25, -0.2) is 18.1 Å². The predicted molar refractivity (Wildman–Crippen MR) is 78.6 cm³/mol. The molecule has 0 aliphatic carbocycles. The predicted octanol–water partition coefficient (Wildman–Crippen LogP) is 1.57. The van der Waals surface area contributed by atoms with Crippen molar-refractivity contribution in [1.82, 2.24) is 9.71 Å². The first-order chi connectivity index (χ1) is 9.47. The highest BCUT2D eigenvalue weighted by Gasteiger charge is 2.17. The van der Waals surface area contributed by atoms with Gasteiger partial charge in [-0.15, -0.1) is 0 Å². The summed E-state index contributed by atoms with van der Waals surface area (Å²) in [6.45, 7) is 1.83. The summed E-state index contributed by atoms with van der Waals surface area (Å²) in [6.07, 6.45) is 2.01. The fraction of sp³-hybridized carbons (Fsp3) is 0.214. The fourth-order valence-electron chi connectivity index (χ4n) is 1.94. The van der Waals surface area contributed by atoms with Crippen molar-refractivity contribution in [3.8, 4) is 0 Å². The van der Waals surface area contributed by atoms with Crippen molar-refractivity contribution in [2.45, 2.75) is 24.3 Å². The van der Waals surface area contributed by atoms with E-state index in [1.54, 1.807) is 0 Å². The average Bonchev–Trinajstić information content (AvgIpc) is 2.39. The van der Waals surface area contributed by atoms with E-state index in [2.05, 4.69) is 9.71 Å². The molecule has 1 heterocycles. The molecule has 1 unspecified atom stereocenters. The Morgan fingerprint density at radius 2 is 1.95 bits per heavy atom. The Kier molecular flexibility index (Phi) is 4.36. The molecule has 106 valence electrons. The highest BCUT2D eigenvalue weighted by atomic mass is 32.2. The van der Waals surface area contributed by atoms with Gasteiger partial charge in [0.05, 0.1) is 4.90 Å². The molecule has 0 bridgehead atoms. The lowest BCUT2D eigenvalue weighted by atomic mass is 10.1. The van der Waals surface area contributed by atoms with Crippen molar-refractivity contribution in [3.05, 3.63) is 54.2 Å². The van der Waals surface area contributed by atoms with Crippen LogP contribution in [0.1, 0.15) is 12.5 Å². The van der Waals surface area contributed by atoms with E-state index in [1.807, 2.05) is 37.3 Å². The molecule has 1 atom stereocenters. The van der Waals surface area contributed by atoms with Gasteiger partial charge in [0.1, 0.15) is 5.82 Å². The topological polar surface area (TPSA) is 85.1 Å². The smallest absolute Gasteiger partial charge is 0.241 e. The number of hydrogen-bond donors (Lipinski definition) is 2. The van der Waals surface area contributed by atoms with E-state index < -0.39 is 10.0 Å². The molecule has 5 nitrogen and oxygen atoms in total. The molecule has 2 rings (SSSR count). The summed E-state index contributed by atoms with van der Waals surface area (Å²) in [6, 6.07) is 12.3. The lowest BCUT2D eigenvalue weighted by Crippen LogP contribution is -2.34. The van der Waals surface area contributed by atoms with Gasteiger partial charge >= 0.3 is 0 Å². The van der Waals surface area contributed by atoms with Crippen molar-refractivity contribution in [2.75, 3.05) is 5.73 Å². The van der Waals surface area contributed by atoms with E-state index in [4.69, 9.17) is 5.73 Å². The zero-order valence-electron chi connectivity index (χ0n) is 11.2. The van der Waals surface area contributed by atoms with Crippen LogP contribution in [0.2, 0.25) is 0 Å². The number of aromatic nitrogens is 1. The van der Waals surface area contributed by atoms with E-state index in [0.717, 1.165) is 5.56 Å². The Morgan fingerprint density at radius 3 is 2.60 bits per heavy atom. The van der Waals surface area contributed by atoms with Crippen LogP contribution in [-0.4, -0.2) is 19.4 Å². The third kappa shape index (κ3) is 3.79. The Hall–Kier alpha value is -1.92. The number of nitrogens with two attached hydrogens (primary N) is 1. The summed E-state index contributed by atoms with van der Waals surface area (Å²) in [5, 5.41) is 0. The molecular formula is C14H17N3O2S. The minimum atomic E-state index is -3.57. The van der Waals surface area contributed by atoms with Crippen molar-refractivity contribution in [3.63, 3.8) is 0 Å². The Bertz CT molecular complexity index is 672. The highest BCUT2D eigenvalue weighted by molar-refractivity contribution is 7.89. The average molecular weight is 291 g/mol. The molecular weight excluding hydrogens is 274 g/mol. The van der Waals surface area contributed by atoms with Crippen LogP contribution in [0.3, 0.4) is 0 Å². The molecule has 6 heteroatoms. The van der Waals surface area contributed by atoms with Gasteiger partial charge in [-0.05, 0) is 25.0 Å². The van der Waals surface area contributed by atoms with Crippen LogP contribution in [0, 0.1) is 0 Å². The molecule has 0 aliphatic heterocycles. The minimum absolute atomic E-state index is 0.130. The molecule has 0 fully saturated rings. The second-order valence-electron chi connectivity index (χ2n) is 4.63. The molecule has 0 spiro atoms. The summed E-state index contributed by atoms with van der Waals surface area (Å²) < 4.78 is 27.0. The number of benzene rings is 1. The molecule has 3 N–H and O–H groups in total. The number of anilines is 1. The van der Waals surface area contributed by atoms with Gasteiger partial charge in [0.25, 0.3) is 0 Å². The fourth-order valence-corrected chi connectivity index (χ4v) is 3.20. The first kappa shape index (κ1) is 14.5. The second-order valence-corrected chi connectivity index (χ2v) is 6.34. The van der Waals surface area contributed by atoms with Crippen molar-refractivity contribution < 1.29 is 8.42 Å². The number of hydrogen-bond acceptors (Lipinski definition) is 4. The zero-order valence-corrected chi connectivity index (χ0v) is 12.0. The normalized spacial score (nSPS) is 13.1. The van der Waals surface area contributed by atoms with E-state index in [-0.39, 0.29) is 16.8 Å². The number of rotatable bonds is 5. The monoisotopic (exact) mass is 291 g/mol. The molecule has 0 saturated carbocycles. The molecule has 20 heavy (non-hydrogen) atoms. The van der Waals surface area contributed by atoms with E-state index >= 15 is 0 Å². The number of sulfonamides is 1. The van der Waals surface area contributed by atoms with Gasteiger partial charge in [0.2, 0.25) is 10.0 Å². The Balaban J connectivity index is 2.08. The molecule has 0 amide bonds. The largest absolute Gasteiger partial charge is 0.384 e. The van der Waals surface area contributed by atoms with Crippen LogP contribution >= 0.6 is 0 Å². The van der Waals surface area contributed by atoms with Crippen LogP contribution in [0.4, 0.5) is 5.82 Å². The molecule has 2 aromatic rings. The third-order valence-corrected chi connectivity index (χ3v) is 4.39. The summed E-state index contributed by atoms with van der Waals surface area (Å²) in [5.74, 6) is 0.184. The van der Waals surface area contributed by atoms with E-state index in [0.29, 0.717) is 6.42 Å². The molecule has 0 saturated heterocycles. The van der Waals surface area contributed by atoms with Crippen molar-refractivity contribution in [1.29, 1.82) is 0 Å². The molecule has 0 radical (unpaired) electrons. The number of pyridine rings is 1. The van der Waals surface area contributed by atoms with Crippen LogP contribution in [-0.2, 0) is 16.4 Å². The SMILES string of the molecule is CC(Cc1ccccc1)NS(=O)(=O)c1ccnc(N)c1. The maximum Gasteiger partial charge on any atom is 0.241 e. The van der Waals surface area contributed by atoms with Gasteiger partial charge in [0, 0.05) is 18.3 Å². The first-order valence-corrected chi connectivity index (χ1v) is 7.73. The molecule has 1 aromatic heterocycles. The van der Waals surface area contributed by atoms with Crippen LogP contribution in [0.25, 0.3) is 0 Å². The minimum Gasteiger partial charge on any atom is -0.384 e. The summed E-state index contributed by atoms with van der Waals surface area (Å²) in [5.41, 5.74) is 6.59. The lowest BCUT2D eigenvalue weighted by molar-refractivity contribution is 0.559. The zero-order chi connectivity index (χ0) is 14.6. The van der Waals surface area contributed by atoms with Gasteiger partial charge in [-0.2, -0.15) is 0 Å². The third-order valence-electron chi connectivity index (χ3n) is 2.80. The van der Waals surface area contributed by atoms with Gasteiger partial charge in [-0.1, -0.05) is 30.3 Å². The summed E-state index contributed by atoms with van der Waals surface area (Å²) in [7, 11) is -3.57. The number of nitrogens with one attached hydrogen (secondary N) is 1. The number of nitrogen functional groups attached to an aromatic ring is 1. The first-order valence-electron chi connectivity index (χ1n) is 6.25. The van der Waals surface area contributed by atoms with Crippen LogP contribution < -0.4 is 10.5 Å². The maximum absolute atomic E-state index is 12.2. The Morgan fingerprint density at radius 1 is 1.25 bits per heavy atom. The highest BCUT2D eigenvalue weighted by Crippen LogP contribution is 2.12. The van der Waals surface area contributed by atoms with Crippen molar-refractivity contribution >= 4 is 15.8 Å². The quantitative estimate of drug-likeness (QED) is 0.875.